The second kappa shape index (κ2) is 7.18. The highest BCUT2D eigenvalue weighted by Crippen LogP contribution is 2.24. The van der Waals surface area contributed by atoms with Crippen molar-refractivity contribution in [2.75, 3.05) is 6.54 Å². The molecule has 0 aliphatic heterocycles. The predicted molar refractivity (Wildman–Crippen MR) is 95.9 cm³/mol. The van der Waals surface area contributed by atoms with Gasteiger partial charge in [-0.25, -0.2) is 0 Å². The standard InChI is InChI=1S/C19H21ClN2O/c1-14(23)10-21-11-16-13-22(19-9-5-3-7-17(16)19)12-15-6-2-4-8-18(15)20/h2-9,13-14,21,23H,10-12H2,1H3/t14-/m0/s1. The number of aliphatic hydroxyl groups excluding tert-OH is 1. The van der Waals surface area contributed by atoms with Gasteiger partial charge in [-0.3, -0.25) is 0 Å². The van der Waals surface area contributed by atoms with E-state index in [1.54, 1.807) is 6.92 Å². The van der Waals surface area contributed by atoms with E-state index in [0.717, 1.165) is 23.7 Å². The van der Waals surface area contributed by atoms with Gasteiger partial charge < -0.3 is 15.0 Å². The van der Waals surface area contributed by atoms with Gasteiger partial charge in [-0.15, -0.1) is 0 Å². The average Bonchev–Trinajstić information content (AvgIpc) is 2.88. The molecular formula is C19H21ClN2O. The molecule has 3 rings (SSSR count). The molecule has 3 nitrogen and oxygen atoms in total. The number of benzene rings is 2. The molecule has 1 atom stereocenters. The molecule has 0 amide bonds. The minimum absolute atomic E-state index is 0.341. The number of nitrogens with one attached hydrogen (secondary N) is 1. The quantitative estimate of drug-likeness (QED) is 0.722. The van der Waals surface area contributed by atoms with E-state index in [1.165, 1.54) is 16.5 Å². The van der Waals surface area contributed by atoms with Crippen LogP contribution in [0.2, 0.25) is 5.02 Å². The summed E-state index contributed by atoms with van der Waals surface area (Å²) >= 11 is 6.30. The second-order valence-electron chi connectivity index (χ2n) is 5.87. The lowest BCUT2D eigenvalue weighted by atomic mass is 10.2. The van der Waals surface area contributed by atoms with Crippen molar-refractivity contribution in [3.05, 3.63) is 70.9 Å². The molecule has 3 aromatic rings. The van der Waals surface area contributed by atoms with Crippen molar-refractivity contribution in [3.63, 3.8) is 0 Å². The highest BCUT2D eigenvalue weighted by atomic mass is 35.5. The summed E-state index contributed by atoms with van der Waals surface area (Å²) in [6.07, 6.45) is 1.83. The fourth-order valence-corrected chi connectivity index (χ4v) is 3.02. The van der Waals surface area contributed by atoms with E-state index < -0.39 is 0 Å². The Balaban J connectivity index is 1.90. The minimum Gasteiger partial charge on any atom is -0.392 e. The minimum atomic E-state index is -0.341. The smallest absolute Gasteiger partial charge is 0.0636 e. The van der Waals surface area contributed by atoms with Gasteiger partial charge in [0.2, 0.25) is 0 Å². The first kappa shape index (κ1) is 16.1. The van der Waals surface area contributed by atoms with Crippen molar-refractivity contribution >= 4 is 22.5 Å². The van der Waals surface area contributed by atoms with Gasteiger partial charge in [0.15, 0.2) is 0 Å². The summed E-state index contributed by atoms with van der Waals surface area (Å²) in [7, 11) is 0. The number of aliphatic hydroxyl groups is 1. The molecular weight excluding hydrogens is 308 g/mol. The number of nitrogens with zero attached hydrogens (tertiary/aromatic N) is 1. The maximum Gasteiger partial charge on any atom is 0.0636 e. The summed E-state index contributed by atoms with van der Waals surface area (Å²) < 4.78 is 2.23. The number of fused-ring (bicyclic) bond motifs is 1. The molecule has 0 fully saturated rings. The number of hydrogen-bond donors (Lipinski definition) is 2. The Kier molecular flexibility index (Phi) is 5.01. The van der Waals surface area contributed by atoms with Gasteiger partial charge in [0, 0.05) is 41.8 Å². The maximum absolute atomic E-state index is 9.39. The van der Waals surface area contributed by atoms with Crippen LogP contribution in [0.5, 0.6) is 0 Å². The molecule has 23 heavy (non-hydrogen) atoms. The van der Waals surface area contributed by atoms with Gasteiger partial charge in [0.25, 0.3) is 0 Å². The van der Waals surface area contributed by atoms with Gasteiger partial charge in [-0.05, 0) is 30.2 Å². The average molecular weight is 329 g/mol. The van der Waals surface area contributed by atoms with E-state index in [-0.39, 0.29) is 6.10 Å². The highest BCUT2D eigenvalue weighted by Gasteiger charge is 2.09. The van der Waals surface area contributed by atoms with Gasteiger partial charge in [-0.2, -0.15) is 0 Å². The third-order valence-electron chi connectivity index (χ3n) is 3.92. The van der Waals surface area contributed by atoms with Gasteiger partial charge in [0.05, 0.1) is 6.10 Å². The fraction of sp³-hybridized carbons (Fsp3) is 0.263. The largest absolute Gasteiger partial charge is 0.392 e. The number of hydrogen-bond acceptors (Lipinski definition) is 2. The normalized spacial score (nSPS) is 12.7. The molecule has 2 aromatic carbocycles. The summed E-state index contributed by atoms with van der Waals surface area (Å²) in [4.78, 5) is 0. The van der Waals surface area contributed by atoms with E-state index in [2.05, 4.69) is 46.4 Å². The molecule has 120 valence electrons. The van der Waals surface area contributed by atoms with Crippen LogP contribution in [0.4, 0.5) is 0 Å². The van der Waals surface area contributed by atoms with Crippen molar-refractivity contribution < 1.29 is 5.11 Å². The van der Waals surface area contributed by atoms with Crippen LogP contribution in [0, 0.1) is 0 Å². The van der Waals surface area contributed by atoms with E-state index >= 15 is 0 Å². The van der Waals surface area contributed by atoms with Crippen molar-refractivity contribution in [1.82, 2.24) is 9.88 Å². The Morgan fingerprint density at radius 1 is 1.09 bits per heavy atom. The summed E-state index contributed by atoms with van der Waals surface area (Å²) in [6, 6.07) is 16.3. The molecule has 0 spiro atoms. The third-order valence-corrected chi connectivity index (χ3v) is 4.29. The first-order valence-corrected chi connectivity index (χ1v) is 8.22. The molecule has 0 saturated carbocycles. The van der Waals surface area contributed by atoms with E-state index in [1.807, 2.05) is 18.2 Å². The zero-order chi connectivity index (χ0) is 16.2. The lowest BCUT2D eigenvalue weighted by molar-refractivity contribution is 0.191. The van der Waals surface area contributed by atoms with Gasteiger partial charge in [0.1, 0.15) is 0 Å². The van der Waals surface area contributed by atoms with Crippen LogP contribution in [-0.2, 0) is 13.1 Å². The third kappa shape index (κ3) is 3.75. The van der Waals surface area contributed by atoms with Gasteiger partial charge in [-0.1, -0.05) is 48.0 Å². The molecule has 1 aromatic heterocycles. The molecule has 0 aliphatic rings. The van der Waals surface area contributed by atoms with Gasteiger partial charge >= 0.3 is 0 Å². The number of halogens is 1. The molecule has 4 heteroatoms. The van der Waals surface area contributed by atoms with Crippen LogP contribution in [0.15, 0.2) is 54.7 Å². The van der Waals surface area contributed by atoms with Crippen LogP contribution in [0.25, 0.3) is 10.9 Å². The molecule has 0 unspecified atom stereocenters. The monoisotopic (exact) mass is 328 g/mol. The summed E-state index contributed by atoms with van der Waals surface area (Å²) in [6.45, 7) is 3.86. The van der Waals surface area contributed by atoms with E-state index in [4.69, 9.17) is 11.6 Å². The van der Waals surface area contributed by atoms with Crippen LogP contribution in [0.1, 0.15) is 18.1 Å². The van der Waals surface area contributed by atoms with E-state index in [0.29, 0.717) is 6.54 Å². The molecule has 0 bridgehead atoms. The van der Waals surface area contributed by atoms with Crippen molar-refractivity contribution in [3.8, 4) is 0 Å². The van der Waals surface area contributed by atoms with Crippen LogP contribution < -0.4 is 5.32 Å². The van der Waals surface area contributed by atoms with Crippen molar-refractivity contribution in [2.45, 2.75) is 26.1 Å². The Hall–Kier alpha value is -1.81. The van der Waals surface area contributed by atoms with Crippen LogP contribution in [0.3, 0.4) is 0 Å². The number of aromatic nitrogens is 1. The summed E-state index contributed by atoms with van der Waals surface area (Å²) in [5.74, 6) is 0. The van der Waals surface area contributed by atoms with Crippen molar-refractivity contribution in [2.24, 2.45) is 0 Å². The first-order chi connectivity index (χ1) is 11.1. The number of para-hydroxylation sites is 1. The van der Waals surface area contributed by atoms with Crippen LogP contribution in [-0.4, -0.2) is 22.3 Å². The molecule has 2 N–H and O–H groups in total. The molecule has 0 aliphatic carbocycles. The maximum atomic E-state index is 9.39. The lowest BCUT2D eigenvalue weighted by Gasteiger charge is -2.07. The highest BCUT2D eigenvalue weighted by molar-refractivity contribution is 6.31. The molecule has 0 radical (unpaired) electrons. The Bertz CT molecular complexity index is 795. The summed E-state index contributed by atoms with van der Waals surface area (Å²) in [5, 5.41) is 14.7. The Morgan fingerprint density at radius 3 is 2.61 bits per heavy atom. The molecule has 1 heterocycles. The molecule has 0 saturated heterocycles. The SMILES string of the molecule is C[C@H](O)CNCc1cn(Cc2ccccc2Cl)c2ccccc12. The predicted octanol–water partition coefficient (Wildman–Crippen LogP) is 3.81. The summed E-state index contributed by atoms with van der Waals surface area (Å²) in [5.41, 5.74) is 3.54. The van der Waals surface area contributed by atoms with E-state index in [9.17, 15) is 5.11 Å². The first-order valence-electron chi connectivity index (χ1n) is 7.84. The Labute approximate surface area is 141 Å². The number of rotatable bonds is 6. The zero-order valence-electron chi connectivity index (χ0n) is 13.2. The van der Waals surface area contributed by atoms with Crippen LogP contribution >= 0.6 is 11.6 Å². The fourth-order valence-electron chi connectivity index (χ4n) is 2.82. The Morgan fingerprint density at radius 2 is 1.83 bits per heavy atom. The topological polar surface area (TPSA) is 37.2 Å². The second-order valence-corrected chi connectivity index (χ2v) is 6.28. The lowest BCUT2D eigenvalue weighted by Crippen LogP contribution is -2.23. The van der Waals surface area contributed by atoms with Crippen molar-refractivity contribution in [1.29, 1.82) is 0 Å². The zero-order valence-corrected chi connectivity index (χ0v) is 13.9.